The molecular formula is C22H26F2IN5. The lowest BCUT2D eigenvalue weighted by Crippen LogP contribution is -2.38. The Morgan fingerprint density at radius 2 is 1.87 bits per heavy atom. The first-order valence-electron chi connectivity index (χ1n) is 9.37. The summed E-state index contributed by atoms with van der Waals surface area (Å²) in [6.07, 6.45) is 0. The molecule has 1 heterocycles. The average Bonchev–Trinajstić information content (AvgIpc) is 2.70. The Hall–Kier alpha value is -2.49. The molecule has 1 aromatic heterocycles. The van der Waals surface area contributed by atoms with E-state index in [1.54, 1.807) is 14.0 Å². The molecule has 0 aliphatic rings. The fourth-order valence-corrected chi connectivity index (χ4v) is 3.12. The minimum absolute atomic E-state index is 0. The Bertz CT molecular complexity index is 1040. The number of nitrogens with zero attached hydrogens (tertiary/aromatic N) is 3. The van der Waals surface area contributed by atoms with Crippen molar-refractivity contribution in [3.8, 4) is 0 Å². The zero-order chi connectivity index (χ0) is 21.0. The molecule has 1 atom stereocenters. The number of anilines is 1. The SMILES string of the molecule is CN=C(NCc1cc(N(C)C)nc2ccccc12)NC(C)c1ccc(F)cc1F.I. The molecule has 0 radical (unpaired) electrons. The lowest BCUT2D eigenvalue weighted by molar-refractivity contribution is 0.551. The smallest absolute Gasteiger partial charge is 0.191 e. The van der Waals surface area contributed by atoms with Gasteiger partial charge < -0.3 is 15.5 Å². The second-order valence-electron chi connectivity index (χ2n) is 7.01. The highest BCUT2D eigenvalue weighted by atomic mass is 127. The van der Waals surface area contributed by atoms with Crippen molar-refractivity contribution in [1.29, 1.82) is 0 Å². The van der Waals surface area contributed by atoms with Gasteiger partial charge in [0, 0.05) is 44.7 Å². The van der Waals surface area contributed by atoms with Gasteiger partial charge in [-0.25, -0.2) is 13.8 Å². The van der Waals surface area contributed by atoms with Gasteiger partial charge in [-0.2, -0.15) is 0 Å². The van der Waals surface area contributed by atoms with Crippen LogP contribution in [0.15, 0.2) is 53.5 Å². The van der Waals surface area contributed by atoms with Crippen LogP contribution >= 0.6 is 24.0 Å². The van der Waals surface area contributed by atoms with E-state index in [1.807, 2.05) is 49.3 Å². The van der Waals surface area contributed by atoms with Gasteiger partial charge in [-0.1, -0.05) is 24.3 Å². The van der Waals surface area contributed by atoms with Crippen molar-refractivity contribution in [3.63, 3.8) is 0 Å². The summed E-state index contributed by atoms with van der Waals surface area (Å²) in [4.78, 5) is 10.9. The van der Waals surface area contributed by atoms with E-state index < -0.39 is 11.6 Å². The summed E-state index contributed by atoms with van der Waals surface area (Å²) >= 11 is 0. The third kappa shape index (κ3) is 5.56. The largest absolute Gasteiger partial charge is 0.363 e. The van der Waals surface area contributed by atoms with E-state index in [4.69, 9.17) is 0 Å². The molecule has 0 spiro atoms. The number of halogens is 3. The minimum Gasteiger partial charge on any atom is -0.363 e. The molecule has 2 aromatic carbocycles. The Kier molecular flexibility index (Phi) is 8.33. The van der Waals surface area contributed by atoms with E-state index in [9.17, 15) is 8.78 Å². The van der Waals surface area contributed by atoms with Gasteiger partial charge in [-0.05, 0) is 30.7 Å². The molecule has 8 heteroatoms. The van der Waals surface area contributed by atoms with Crippen LogP contribution in [0.2, 0.25) is 0 Å². The van der Waals surface area contributed by atoms with Crippen LogP contribution in [0.3, 0.4) is 0 Å². The van der Waals surface area contributed by atoms with Crippen LogP contribution in [-0.4, -0.2) is 32.1 Å². The van der Waals surface area contributed by atoms with Crippen molar-refractivity contribution in [3.05, 3.63) is 71.3 Å². The van der Waals surface area contributed by atoms with Gasteiger partial charge in [-0.3, -0.25) is 4.99 Å². The molecule has 0 fully saturated rings. The summed E-state index contributed by atoms with van der Waals surface area (Å²) < 4.78 is 27.2. The summed E-state index contributed by atoms with van der Waals surface area (Å²) in [7, 11) is 5.56. The molecule has 3 rings (SSSR count). The molecule has 2 N–H and O–H groups in total. The van der Waals surface area contributed by atoms with Crippen LogP contribution in [0.25, 0.3) is 10.9 Å². The van der Waals surface area contributed by atoms with Crippen molar-refractivity contribution in [2.24, 2.45) is 4.99 Å². The predicted molar refractivity (Wildman–Crippen MR) is 130 cm³/mol. The normalized spacial score (nSPS) is 12.3. The molecule has 0 bridgehead atoms. The van der Waals surface area contributed by atoms with E-state index in [1.165, 1.54) is 12.1 Å². The van der Waals surface area contributed by atoms with Gasteiger partial charge in [0.1, 0.15) is 17.5 Å². The number of guanidine groups is 1. The highest BCUT2D eigenvalue weighted by Gasteiger charge is 2.14. The van der Waals surface area contributed by atoms with Crippen molar-refractivity contribution in [2.45, 2.75) is 19.5 Å². The van der Waals surface area contributed by atoms with Gasteiger partial charge in [0.25, 0.3) is 0 Å². The number of para-hydroxylation sites is 1. The van der Waals surface area contributed by atoms with Gasteiger partial charge in [-0.15, -0.1) is 24.0 Å². The molecule has 0 amide bonds. The van der Waals surface area contributed by atoms with Crippen molar-refractivity contribution >= 4 is 46.7 Å². The molecule has 0 saturated heterocycles. The average molecular weight is 525 g/mol. The number of pyridine rings is 1. The van der Waals surface area contributed by atoms with Crippen LogP contribution in [0, 0.1) is 11.6 Å². The van der Waals surface area contributed by atoms with Gasteiger partial charge >= 0.3 is 0 Å². The van der Waals surface area contributed by atoms with Crippen LogP contribution in [0.4, 0.5) is 14.6 Å². The van der Waals surface area contributed by atoms with E-state index in [2.05, 4.69) is 20.6 Å². The molecule has 1 unspecified atom stereocenters. The molecule has 160 valence electrons. The lowest BCUT2D eigenvalue weighted by Gasteiger charge is -2.20. The van der Waals surface area contributed by atoms with Gasteiger partial charge in [0.05, 0.1) is 11.6 Å². The summed E-state index contributed by atoms with van der Waals surface area (Å²) in [5.41, 5.74) is 2.36. The first-order chi connectivity index (χ1) is 13.9. The first-order valence-corrected chi connectivity index (χ1v) is 9.37. The molecule has 0 aliphatic carbocycles. The zero-order valence-electron chi connectivity index (χ0n) is 17.4. The fourth-order valence-electron chi connectivity index (χ4n) is 3.12. The van der Waals surface area contributed by atoms with E-state index >= 15 is 0 Å². The number of rotatable bonds is 5. The molecule has 3 aromatic rings. The highest BCUT2D eigenvalue weighted by molar-refractivity contribution is 14.0. The number of benzene rings is 2. The van der Waals surface area contributed by atoms with E-state index in [0.717, 1.165) is 28.4 Å². The van der Waals surface area contributed by atoms with Crippen LogP contribution in [0.1, 0.15) is 24.1 Å². The standard InChI is InChI=1S/C22H25F2N5.HI/c1-14(17-10-9-16(23)12-19(17)24)27-22(25-2)26-13-15-11-21(29(3)4)28-20-8-6-5-7-18(15)20;/h5-12,14H,13H2,1-4H3,(H2,25,26,27);1H. The van der Waals surface area contributed by atoms with Gasteiger partial charge in [0.2, 0.25) is 0 Å². The third-order valence-electron chi connectivity index (χ3n) is 4.70. The fraction of sp³-hybridized carbons (Fsp3) is 0.273. The zero-order valence-corrected chi connectivity index (χ0v) is 19.7. The monoisotopic (exact) mass is 525 g/mol. The Labute approximate surface area is 192 Å². The number of hydrogen-bond acceptors (Lipinski definition) is 3. The number of hydrogen-bond donors (Lipinski definition) is 2. The molecular weight excluding hydrogens is 499 g/mol. The molecule has 0 saturated carbocycles. The van der Waals surface area contributed by atoms with Crippen LogP contribution in [-0.2, 0) is 6.54 Å². The van der Waals surface area contributed by atoms with Crippen LogP contribution in [0.5, 0.6) is 0 Å². The second-order valence-corrected chi connectivity index (χ2v) is 7.01. The number of fused-ring (bicyclic) bond motifs is 1. The van der Waals surface area contributed by atoms with Crippen molar-refractivity contribution in [1.82, 2.24) is 15.6 Å². The summed E-state index contributed by atoms with van der Waals surface area (Å²) in [5, 5.41) is 7.48. The first kappa shape index (κ1) is 23.8. The third-order valence-corrected chi connectivity index (χ3v) is 4.70. The van der Waals surface area contributed by atoms with Crippen molar-refractivity contribution < 1.29 is 8.78 Å². The minimum atomic E-state index is -0.595. The lowest BCUT2D eigenvalue weighted by atomic mass is 10.1. The maximum atomic E-state index is 14.0. The number of aromatic nitrogens is 1. The number of aliphatic imine (C=N–C) groups is 1. The maximum Gasteiger partial charge on any atom is 0.191 e. The molecule has 30 heavy (non-hydrogen) atoms. The summed E-state index contributed by atoms with van der Waals surface area (Å²) in [6.45, 7) is 2.32. The Morgan fingerprint density at radius 1 is 1.13 bits per heavy atom. The van der Waals surface area contributed by atoms with Crippen LogP contribution < -0.4 is 15.5 Å². The van der Waals surface area contributed by atoms with Crippen molar-refractivity contribution in [2.75, 3.05) is 26.0 Å². The molecule has 5 nitrogen and oxygen atoms in total. The van der Waals surface area contributed by atoms with E-state index in [0.29, 0.717) is 18.1 Å². The second kappa shape index (κ2) is 10.5. The Balaban J connectivity index is 0.00000320. The quantitative estimate of drug-likeness (QED) is 0.290. The summed E-state index contributed by atoms with van der Waals surface area (Å²) in [6, 6.07) is 13.2. The van der Waals surface area contributed by atoms with E-state index in [-0.39, 0.29) is 30.0 Å². The summed E-state index contributed by atoms with van der Waals surface area (Å²) in [5.74, 6) is 0.206. The predicted octanol–water partition coefficient (Wildman–Crippen LogP) is 4.62. The molecule has 0 aliphatic heterocycles. The topological polar surface area (TPSA) is 52.6 Å². The highest BCUT2D eigenvalue weighted by Crippen LogP contribution is 2.22. The van der Waals surface area contributed by atoms with Gasteiger partial charge in [0.15, 0.2) is 5.96 Å². The number of nitrogens with one attached hydrogen (secondary N) is 2. The maximum absolute atomic E-state index is 14.0. The Morgan fingerprint density at radius 3 is 2.53 bits per heavy atom.